The van der Waals surface area contributed by atoms with E-state index in [0.717, 1.165) is 35.3 Å². The number of carboxylic acids is 1. The highest BCUT2D eigenvalue weighted by Gasteiger charge is 2.23. The lowest BCUT2D eigenvalue weighted by molar-refractivity contribution is -0.139. The van der Waals surface area contributed by atoms with E-state index in [-0.39, 0.29) is 6.42 Å². The van der Waals surface area contributed by atoms with E-state index in [2.05, 4.69) is 22.8 Å². The Morgan fingerprint density at radius 3 is 2.18 bits per heavy atom. The first-order chi connectivity index (χ1) is 21.5. The van der Waals surface area contributed by atoms with Crippen LogP contribution in [-0.2, 0) is 17.6 Å². The van der Waals surface area contributed by atoms with E-state index in [9.17, 15) is 14.7 Å². The molecule has 222 valence electrons. The Bertz CT molecular complexity index is 1690. The number of benzene rings is 5. The fraction of sp³-hybridized carbons (Fsp3) is 0.135. The van der Waals surface area contributed by atoms with Crippen molar-refractivity contribution >= 4 is 29.2 Å². The highest BCUT2D eigenvalue weighted by molar-refractivity contribution is 6.31. The van der Waals surface area contributed by atoms with Crippen LogP contribution >= 0.6 is 11.6 Å². The molecule has 0 aromatic heterocycles. The first kappa shape index (κ1) is 30.4. The monoisotopic (exact) mass is 604 g/mol. The molecule has 0 saturated heterocycles. The second-order valence-corrected chi connectivity index (χ2v) is 10.8. The summed E-state index contributed by atoms with van der Waals surface area (Å²) >= 11 is 6.22. The largest absolute Gasteiger partial charge is 0.480 e. The molecule has 7 heteroatoms. The van der Waals surface area contributed by atoms with Crippen molar-refractivity contribution in [2.75, 3.05) is 11.9 Å². The summed E-state index contributed by atoms with van der Waals surface area (Å²) in [6, 6.07) is 39.0. The number of hydrogen-bond acceptors (Lipinski definition) is 4. The topological polar surface area (TPSA) is 87.7 Å². The molecule has 0 aliphatic rings. The SMILES string of the molecule is O=C(N[C@@H](Cc1ccc(-c2ccccc2Oc2ccccc2)cc1)C(=O)O)c1cc(Cl)ccc1NCCCc1ccccc1. The van der Waals surface area contributed by atoms with Crippen LogP contribution < -0.4 is 15.4 Å². The van der Waals surface area contributed by atoms with Crippen molar-refractivity contribution in [3.8, 4) is 22.6 Å². The second-order valence-electron chi connectivity index (χ2n) is 10.4. The third-order valence-electron chi connectivity index (χ3n) is 7.19. The van der Waals surface area contributed by atoms with Gasteiger partial charge < -0.3 is 20.5 Å². The zero-order valence-electron chi connectivity index (χ0n) is 24.1. The van der Waals surface area contributed by atoms with Crippen molar-refractivity contribution in [3.05, 3.63) is 149 Å². The number of ether oxygens (including phenoxy) is 1. The Labute approximate surface area is 262 Å². The third kappa shape index (κ3) is 8.27. The number of anilines is 1. The zero-order valence-corrected chi connectivity index (χ0v) is 24.8. The van der Waals surface area contributed by atoms with E-state index >= 15 is 0 Å². The quantitative estimate of drug-likeness (QED) is 0.118. The minimum Gasteiger partial charge on any atom is -0.480 e. The number of aryl methyl sites for hydroxylation is 1. The molecular weight excluding hydrogens is 572 g/mol. The first-order valence-electron chi connectivity index (χ1n) is 14.5. The van der Waals surface area contributed by atoms with Gasteiger partial charge in [-0.1, -0.05) is 103 Å². The molecule has 0 aliphatic heterocycles. The number of carboxylic acid groups (broad SMARTS) is 1. The lowest BCUT2D eigenvalue weighted by atomic mass is 9.99. The number of nitrogens with one attached hydrogen (secondary N) is 2. The van der Waals surface area contributed by atoms with Gasteiger partial charge in [0.2, 0.25) is 0 Å². The maximum absolute atomic E-state index is 13.3. The Balaban J connectivity index is 1.24. The molecule has 44 heavy (non-hydrogen) atoms. The molecule has 5 aromatic rings. The molecule has 1 amide bonds. The van der Waals surface area contributed by atoms with Crippen LogP contribution in [0, 0.1) is 0 Å². The van der Waals surface area contributed by atoms with Crippen molar-refractivity contribution in [1.29, 1.82) is 0 Å². The molecule has 6 nitrogen and oxygen atoms in total. The van der Waals surface area contributed by atoms with Gasteiger partial charge in [0.15, 0.2) is 0 Å². The molecule has 5 aromatic carbocycles. The third-order valence-corrected chi connectivity index (χ3v) is 7.43. The summed E-state index contributed by atoms with van der Waals surface area (Å²) < 4.78 is 6.11. The molecule has 0 aliphatic carbocycles. The summed E-state index contributed by atoms with van der Waals surface area (Å²) in [4.78, 5) is 25.5. The van der Waals surface area contributed by atoms with Crippen molar-refractivity contribution in [2.24, 2.45) is 0 Å². The zero-order chi connectivity index (χ0) is 30.7. The van der Waals surface area contributed by atoms with Gasteiger partial charge in [-0.05, 0) is 65.9 Å². The van der Waals surface area contributed by atoms with Crippen molar-refractivity contribution < 1.29 is 19.4 Å². The summed E-state index contributed by atoms with van der Waals surface area (Å²) in [5.74, 6) is -0.174. The minimum absolute atomic E-state index is 0.115. The van der Waals surface area contributed by atoms with Crippen LogP contribution in [0.15, 0.2) is 127 Å². The van der Waals surface area contributed by atoms with Crippen LogP contribution in [0.4, 0.5) is 5.69 Å². The van der Waals surface area contributed by atoms with Crippen LogP contribution in [0.25, 0.3) is 11.1 Å². The number of hydrogen-bond donors (Lipinski definition) is 3. The van der Waals surface area contributed by atoms with Crippen molar-refractivity contribution in [2.45, 2.75) is 25.3 Å². The van der Waals surface area contributed by atoms with Gasteiger partial charge in [-0.2, -0.15) is 0 Å². The van der Waals surface area contributed by atoms with Crippen molar-refractivity contribution in [3.63, 3.8) is 0 Å². The van der Waals surface area contributed by atoms with Gasteiger partial charge in [0.1, 0.15) is 17.5 Å². The Morgan fingerprint density at radius 2 is 1.45 bits per heavy atom. The predicted molar refractivity (Wildman–Crippen MR) is 176 cm³/mol. The van der Waals surface area contributed by atoms with Crippen LogP contribution in [0.5, 0.6) is 11.5 Å². The summed E-state index contributed by atoms with van der Waals surface area (Å²) in [5.41, 5.74) is 4.76. The lowest BCUT2D eigenvalue weighted by Crippen LogP contribution is -2.42. The van der Waals surface area contributed by atoms with Gasteiger partial charge in [0, 0.05) is 29.2 Å². The van der Waals surface area contributed by atoms with E-state index in [0.29, 0.717) is 28.6 Å². The Morgan fingerprint density at radius 1 is 0.773 bits per heavy atom. The number of aliphatic carboxylic acids is 1. The maximum atomic E-state index is 13.3. The summed E-state index contributed by atoms with van der Waals surface area (Å²) in [6.45, 7) is 0.644. The molecule has 0 radical (unpaired) electrons. The molecular formula is C37H33ClN2O4. The van der Waals surface area contributed by atoms with Gasteiger partial charge >= 0.3 is 5.97 Å². The van der Waals surface area contributed by atoms with Gasteiger partial charge in [-0.3, -0.25) is 4.79 Å². The number of carbonyl (C=O) groups is 2. The highest BCUT2D eigenvalue weighted by atomic mass is 35.5. The average Bonchev–Trinajstić information content (AvgIpc) is 3.05. The van der Waals surface area contributed by atoms with E-state index in [4.69, 9.17) is 16.3 Å². The molecule has 0 bridgehead atoms. The number of rotatable bonds is 13. The van der Waals surface area contributed by atoms with Gasteiger partial charge in [-0.25, -0.2) is 4.79 Å². The molecule has 0 heterocycles. The number of halogens is 1. The van der Waals surface area contributed by atoms with Gasteiger partial charge in [0.25, 0.3) is 5.91 Å². The number of para-hydroxylation sites is 2. The first-order valence-corrected chi connectivity index (χ1v) is 14.9. The highest BCUT2D eigenvalue weighted by Crippen LogP contribution is 2.33. The summed E-state index contributed by atoms with van der Waals surface area (Å²) in [7, 11) is 0. The molecule has 0 saturated carbocycles. The molecule has 1 atom stereocenters. The smallest absolute Gasteiger partial charge is 0.326 e. The summed E-state index contributed by atoms with van der Waals surface area (Å²) in [6.07, 6.45) is 1.88. The number of amides is 1. The van der Waals surface area contributed by atoms with E-state index in [1.54, 1.807) is 18.2 Å². The van der Waals surface area contributed by atoms with E-state index in [1.807, 2.05) is 97.1 Å². The average molecular weight is 605 g/mol. The Hall–Kier alpha value is -5.07. The summed E-state index contributed by atoms with van der Waals surface area (Å²) in [5, 5.41) is 16.4. The maximum Gasteiger partial charge on any atom is 0.326 e. The molecule has 3 N–H and O–H groups in total. The second kappa shape index (κ2) is 14.9. The van der Waals surface area contributed by atoms with Crippen LogP contribution in [0.3, 0.4) is 0 Å². The van der Waals surface area contributed by atoms with Crippen LogP contribution in [0.2, 0.25) is 5.02 Å². The van der Waals surface area contributed by atoms with Crippen LogP contribution in [0.1, 0.15) is 27.9 Å². The molecule has 0 spiro atoms. The molecule has 0 fully saturated rings. The lowest BCUT2D eigenvalue weighted by Gasteiger charge is -2.18. The number of carbonyl (C=O) groups excluding carboxylic acids is 1. The molecule has 0 unspecified atom stereocenters. The van der Waals surface area contributed by atoms with Gasteiger partial charge in [-0.15, -0.1) is 0 Å². The normalized spacial score (nSPS) is 11.4. The minimum atomic E-state index is -1.13. The predicted octanol–water partition coefficient (Wildman–Crippen LogP) is 8.27. The van der Waals surface area contributed by atoms with E-state index < -0.39 is 17.9 Å². The van der Waals surface area contributed by atoms with Crippen molar-refractivity contribution in [1.82, 2.24) is 5.32 Å². The van der Waals surface area contributed by atoms with Crippen LogP contribution in [-0.4, -0.2) is 29.6 Å². The Kier molecular flexibility index (Phi) is 10.3. The fourth-order valence-corrected chi connectivity index (χ4v) is 5.09. The van der Waals surface area contributed by atoms with E-state index in [1.165, 1.54) is 5.56 Å². The van der Waals surface area contributed by atoms with Gasteiger partial charge in [0.05, 0.1) is 5.56 Å². The standard InChI is InChI=1S/C37H33ClN2O4/c38-29-21-22-33(39-23-9-12-26-10-3-1-4-11-26)32(25-29)36(41)40-34(37(42)43)24-27-17-19-28(20-18-27)31-15-7-8-16-35(31)44-30-13-5-2-6-14-30/h1-8,10-11,13-22,25,34,39H,9,12,23-24H2,(H,40,41)(H,42,43)/t34-/m0/s1. The fourth-order valence-electron chi connectivity index (χ4n) is 4.92. The molecule has 5 rings (SSSR count).